The summed E-state index contributed by atoms with van der Waals surface area (Å²) in [7, 11) is 1.58. The van der Waals surface area contributed by atoms with Crippen LogP contribution in [0.1, 0.15) is 29.8 Å². The lowest BCUT2D eigenvalue weighted by Gasteiger charge is -2.19. The van der Waals surface area contributed by atoms with Crippen LogP contribution in [0.5, 0.6) is 0 Å². The average molecular weight is 262 g/mol. The van der Waals surface area contributed by atoms with Gasteiger partial charge in [-0.25, -0.2) is 0 Å². The topological polar surface area (TPSA) is 76.1 Å². The Morgan fingerprint density at radius 3 is 2.79 bits per heavy atom. The molecule has 19 heavy (non-hydrogen) atoms. The van der Waals surface area contributed by atoms with Gasteiger partial charge in [0.15, 0.2) is 5.69 Å². The molecule has 0 bridgehead atoms. The number of nitrogens with one attached hydrogen (secondary N) is 2. The predicted molar refractivity (Wildman–Crippen MR) is 69.9 cm³/mol. The first kappa shape index (κ1) is 12.3. The van der Waals surface area contributed by atoms with Gasteiger partial charge in [-0.1, -0.05) is 0 Å². The summed E-state index contributed by atoms with van der Waals surface area (Å²) in [6.07, 6.45) is 3.84. The van der Waals surface area contributed by atoms with Gasteiger partial charge in [-0.15, -0.1) is 10.2 Å². The Morgan fingerprint density at radius 2 is 2.16 bits per heavy atom. The second-order valence-corrected chi connectivity index (χ2v) is 5.10. The molecule has 1 aliphatic carbocycles. The highest BCUT2D eigenvalue weighted by Crippen LogP contribution is 2.39. The van der Waals surface area contributed by atoms with Crippen LogP contribution in [0.15, 0.2) is 12.1 Å². The van der Waals surface area contributed by atoms with Crippen LogP contribution in [0.2, 0.25) is 0 Å². The standard InChI is InChI=1S/C13H18N4O2/c1-14-13(18)10-4-5-11(17-16-10)15-9-6-7-19-12(9)8-2-3-8/h4-5,8-9,12H,2-3,6-7H2,1H3,(H,14,18)(H,15,17). The van der Waals surface area contributed by atoms with Gasteiger partial charge in [0.1, 0.15) is 5.82 Å². The van der Waals surface area contributed by atoms with E-state index in [9.17, 15) is 4.79 Å². The van der Waals surface area contributed by atoms with Crippen molar-refractivity contribution in [2.24, 2.45) is 5.92 Å². The van der Waals surface area contributed by atoms with E-state index in [1.165, 1.54) is 12.8 Å². The van der Waals surface area contributed by atoms with Gasteiger partial charge in [0.25, 0.3) is 5.91 Å². The Morgan fingerprint density at radius 1 is 1.32 bits per heavy atom. The SMILES string of the molecule is CNC(=O)c1ccc(NC2CCOC2C2CC2)nn1. The summed E-state index contributed by atoms with van der Waals surface area (Å²) >= 11 is 0. The minimum absolute atomic E-state index is 0.223. The first-order valence-electron chi connectivity index (χ1n) is 6.72. The molecule has 1 amide bonds. The number of nitrogens with zero attached hydrogens (tertiary/aromatic N) is 2. The van der Waals surface area contributed by atoms with Crippen molar-refractivity contribution in [2.75, 3.05) is 19.0 Å². The summed E-state index contributed by atoms with van der Waals surface area (Å²) in [5.74, 6) is 1.19. The van der Waals surface area contributed by atoms with Crippen LogP contribution in [0, 0.1) is 5.92 Å². The summed E-state index contributed by atoms with van der Waals surface area (Å²) in [5, 5.41) is 13.8. The molecule has 2 unspecified atom stereocenters. The molecule has 1 saturated heterocycles. The zero-order valence-electron chi connectivity index (χ0n) is 10.9. The maximum atomic E-state index is 11.4. The molecule has 2 fully saturated rings. The van der Waals surface area contributed by atoms with Gasteiger partial charge < -0.3 is 15.4 Å². The van der Waals surface area contributed by atoms with Gasteiger partial charge in [0, 0.05) is 13.7 Å². The largest absolute Gasteiger partial charge is 0.376 e. The van der Waals surface area contributed by atoms with Crippen molar-refractivity contribution in [2.45, 2.75) is 31.4 Å². The van der Waals surface area contributed by atoms with Crippen LogP contribution in [0.25, 0.3) is 0 Å². The maximum absolute atomic E-state index is 11.4. The molecule has 2 N–H and O–H groups in total. The van der Waals surface area contributed by atoms with Crippen LogP contribution in [0.3, 0.4) is 0 Å². The Kier molecular flexibility index (Phi) is 3.33. The normalized spacial score (nSPS) is 26.2. The van der Waals surface area contributed by atoms with E-state index < -0.39 is 0 Å². The van der Waals surface area contributed by atoms with E-state index in [0.29, 0.717) is 29.6 Å². The monoisotopic (exact) mass is 262 g/mol. The minimum atomic E-state index is -0.223. The molecule has 0 radical (unpaired) electrons. The van der Waals surface area contributed by atoms with Crippen molar-refractivity contribution in [1.82, 2.24) is 15.5 Å². The third kappa shape index (κ3) is 2.68. The van der Waals surface area contributed by atoms with Crippen molar-refractivity contribution in [3.63, 3.8) is 0 Å². The quantitative estimate of drug-likeness (QED) is 0.840. The smallest absolute Gasteiger partial charge is 0.271 e. The predicted octanol–water partition coefficient (Wildman–Crippen LogP) is 0.816. The molecule has 1 aromatic heterocycles. The van der Waals surface area contributed by atoms with Gasteiger partial charge in [0.2, 0.25) is 0 Å². The van der Waals surface area contributed by atoms with Crippen LogP contribution in [-0.4, -0.2) is 41.9 Å². The zero-order valence-corrected chi connectivity index (χ0v) is 10.9. The minimum Gasteiger partial charge on any atom is -0.376 e. The summed E-state index contributed by atoms with van der Waals surface area (Å²) in [4.78, 5) is 11.4. The van der Waals surface area contributed by atoms with Crippen molar-refractivity contribution < 1.29 is 9.53 Å². The summed E-state index contributed by atoms with van der Waals surface area (Å²) in [6.45, 7) is 0.808. The van der Waals surface area contributed by atoms with Crippen LogP contribution in [-0.2, 0) is 4.74 Å². The van der Waals surface area contributed by atoms with E-state index >= 15 is 0 Å². The second-order valence-electron chi connectivity index (χ2n) is 5.10. The lowest BCUT2D eigenvalue weighted by molar-refractivity contribution is 0.0897. The Labute approximate surface area is 111 Å². The number of carbonyl (C=O) groups excluding carboxylic acids is 1. The Bertz CT molecular complexity index is 458. The molecule has 2 heterocycles. The number of aromatic nitrogens is 2. The van der Waals surface area contributed by atoms with E-state index in [4.69, 9.17) is 4.74 Å². The van der Waals surface area contributed by atoms with Gasteiger partial charge in [-0.3, -0.25) is 4.79 Å². The highest BCUT2D eigenvalue weighted by molar-refractivity contribution is 5.91. The molecule has 1 aromatic rings. The van der Waals surface area contributed by atoms with E-state index in [0.717, 1.165) is 13.0 Å². The molecule has 0 aromatic carbocycles. The van der Waals surface area contributed by atoms with E-state index in [-0.39, 0.29) is 5.91 Å². The number of ether oxygens (including phenoxy) is 1. The highest BCUT2D eigenvalue weighted by Gasteiger charge is 2.40. The van der Waals surface area contributed by atoms with Gasteiger partial charge in [-0.05, 0) is 37.3 Å². The molecule has 1 aliphatic heterocycles. The number of carbonyl (C=O) groups is 1. The molecule has 3 rings (SSSR count). The average Bonchev–Trinajstić information content (AvgIpc) is 3.19. The summed E-state index contributed by atoms with van der Waals surface area (Å²) in [5.41, 5.74) is 0.328. The van der Waals surface area contributed by atoms with Crippen LogP contribution in [0.4, 0.5) is 5.82 Å². The van der Waals surface area contributed by atoms with Crippen molar-refractivity contribution in [1.29, 1.82) is 0 Å². The molecule has 2 aliphatic rings. The Hall–Kier alpha value is -1.69. The number of hydrogen-bond acceptors (Lipinski definition) is 5. The fraction of sp³-hybridized carbons (Fsp3) is 0.615. The zero-order chi connectivity index (χ0) is 13.2. The second kappa shape index (κ2) is 5.13. The summed E-state index contributed by atoms with van der Waals surface area (Å²) in [6, 6.07) is 3.78. The van der Waals surface area contributed by atoms with E-state index in [1.807, 2.05) is 0 Å². The molecule has 102 valence electrons. The fourth-order valence-electron chi connectivity index (χ4n) is 2.50. The molecule has 6 heteroatoms. The molecule has 2 atom stereocenters. The van der Waals surface area contributed by atoms with Crippen molar-refractivity contribution >= 4 is 11.7 Å². The lowest BCUT2D eigenvalue weighted by Crippen LogP contribution is -2.31. The van der Waals surface area contributed by atoms with E-state index in [2.05, 4.69) is 20.8 Å². The fourth-order valence-corrected chi connectivity index (χ4v) is 2.50. The maximum Gasteiger partial charge on any atom is 0.271 e. The first-order valence-corrected chi connectivity index (χ1v) is 6.72. The first-order chi connectivity index (χ1) is 9.28. The molecular weight excluding hydrogens is 244 g/mol. The van der Waals surface area contributed by atoms with Crippen LogP contribution >= 0.6 is 0 Å². The number of amides is 1. The molecule has 0 spiro atoms. The van der Waals surface area contributed by atoms with Crippen molar-refractivity contribution in [3.8, 4) is 0 Å². The lowest BCUT2D eigenvalue weighted by atomic mass is 10.1. The number of hydrogen-bond donors (Lipinski definition) is 2. The van der Waals surface area contributed by atoms with Gasteiger partial charge in [-0.2, -0.15) is 0 Å². The highest BCUT2D eigenvalue weighted by atomic mass is 16.5. The third-order valence-electron chi connectivity index (χ3n) is 3.68. The third-order valence-corrected chi connectivity index (χ3v) is 3.68. The number of anilines is 1. The summed E-state index contributed by atoms with van der Waals surface area (Å²) < 4.78 is 5.77. The van der Waals surface area contributed by atoms with Gasteiger partial charge in [0.05, 0.1) is 12.1 Å². The van der Waals surface area contributed by atoms with Crippen LogP contribution < -0.4 is 10.6 Å². The van der Waals surface area contributed by atoms with E-state index in [1.54, 1.807) is 19.2 Å². The van der Waals surface area contributed by atoms with Crippen molar-refractivity contribution in [3.05, 3.63) is 17.8 Å². The molecular formula is C13H18N4O2. The van der Waals surface area contributed by atoms with Gasteiger partial charge >= 0.3 is 0 Å². The number of rotatable bonds is 4. The molecule has 6 nitrogen and oxygen atoms in total. The Balaban J connectivity index is 1.64. The molecule has 1 saturated carbocycles.